The molecule has 0 fully saturated rings. The summed E-state index contributed by atoms with van der Waals surface area (Å²) >= 11 is 0. The van der Waals surface area contributed by atoms with E-state index in [0.29, 0.717) is 6.42 Å². The molecule has 13 heavy (non-hydrogen) atoms. The second-order valence-electron chi connectivity index (χ2n) is 4.20. The second kappa shape index (κ2) is 3.88. The van der Waals surface area contributed by atoms with E-state index in [2.05, 4.69) is 0 Å². The third-order valence-electron chi connectivity index (χ3n) is 3.14. The quantitative estimate of drug-likeness (QED) is 0.527. The summed E-state index contributed by atoms with van der Waals surface area (Å²) in [6, 6.07) is 0. The molecular weight excluding hydrogens is 188 g/mol. The molecule has 0 aromatic rings. The minimum Gasteiger partial charge on any atom is -0.748 e. The van der Waals surface area contributed by atoms with Gasteiger partial charge in [0.1, 0.15) is 10.1 Å². The van der Waals surface area contributed by atoms with Crippen LogP contribution in [0.2, 0.25) is 0 Å². The summed E-state index contributed by atoms with van der Waals surface area (Å²) in [7, 11) is -4.22. The molecule has 0 heterocycles. The van der Waals surface area contributed by atoms with Gasteiger partial charge in [0.25, 0.3) is 0 Å². The number of hydrogen-bond acceptors (Lipinski definition) is 3. The van der Waals surface area contributed by atoms with Gasteiger partial charge in [0, 0.05) is 7.43 Å². The van der Waals surface area contributed by atoms with Crippen molar-refractivity contribution in [3.8, 4) is 0 Å². The Kier molecular flexibility index (Phi) is 4.56. The van der Waals surface area contributed by atoms with Crippen molar-refractivity contribution in [2.45, 2.75) is 45.8 Å². The maximum Gasteiger partial charge on any atom is 0.100 e. The lowest BCUT2D eigenvalue weighted by atomic mass is 9.78. The Labute approximate surface area is 82.3 Å². The number of hydrogen-bond donors (Lipinski definition) is 0. The van der Waals surface area contributed by atoms with Crippen LogP contribution >= 0.6 is 0 Å². The molecule has 0 aromatic heterocycles. The molecule has 0 spiro atoms. The van der Waals surface area contributed by atoms with Gasteiger partial charge in [0.05, 0.1) is 4.75 Å². The molecule has 0 bridgehead atoms. The van der Waals surface area contributed by atoms with Crippen molar-refractivity contribution in [2.24, 2.45) is 5.41 Å². The van der Waals surface area contributed by atoms with Gasteiger partial charge in [-0.1, -0.05) is 20.8 Å². The minimum absolute atomic E-state index is 0. The normalized spacial score (nSPS) is 13.7. The highest BCUT2D eigenvalue weighted by Gasteiger charge is 2.40. The van der Waals surface area contributed by atoms with Crippen LogP contribution in [-0.4, -0.2) is 17.7 Å². The highest BCUT2D eigenvalue weighted by Crippen LogP contribution is 2.38. The van der Waals surface area contributed by atoms with Gasteiger partial charge in [-0.2, -0.15) is 0 Å². The summed E-state index contributed by atoms with van der Waals surface area (Å²) in [5, 5.41) is 0. The van der Waals surface area contributed by atoms with Gasteiger partial charge >= 0.3 is 0 Å². The standard InChI is InChI=1S/C8H18O3S.CH3/c1-6-7(2,3)8(4,5)12(9,10)11;/h6H2,1-5H3,(H,9,10,11);1H3/q;+1/p-1. The molecular formula is C9H20O3S. The molecule has 0 amide bonds. The molecule has 0 radical (unpaired) electrons. The maximum absolute atomic E-state index is 10.9. The minimum atomic E-state index is -4.22. The van der Waals surface area contributed by atoms with Crippen molar-refractivity contribution in [2.75, 3.05) is 0 Å². The summed E-state index contributed by atoms with van der Waals surface area (Å²) in [6.07, 6.45) is 0.668. The molecule has 80 valence electrons. The highest BCUT2D eigenvalue weighted by molar-refractivity contribution is 7.87. The lowest BCUT2D eigenvalue weighted by Crippen LogP contribution is -2.45. The molecule has 0 N–H and O–H groups in total. The zero-order valence-corrected chi connectivity index (χ0v) is 10.2. The van der Waals surface area contributed by atoms with Crippen molar-refractivity contribution < 1.29 is 13.0 Å². The Balaban J connectivity index is 0. The van der Waals surface area contributed by atoms with E-state index in [1.165, 1.54) is 13.8 Å². The van der Waals surface area contributed by atoms with E-state index in [9.17, 15) is 13.0 Å². The van der Waals surface area contributed by atoms with Gasteiger partial charge < -0.3 is 4.55 Å². The van der Waals surface area contributed by atoms with Gasteiger partial charge in [0.2, 0.25) is 0 Å². The Hall–Kier alpha value is -0.220. The Morgan fingerprint density at radius 2 is 1.46 bits per heavy atom. The first-order valence-corrected chi connectivity index (χ1v) is 5.42. The highest BCUT2D eigenvalue weighted by atomic mass is 32.2. The molecule has 0 rings (SSSR count). The average Bonchev–Trinajstić information content (AvgIpc) is 1.85. The molecule has 0 unspecified atom stereocenters. The predicted molar refractivity (Wildman–Crippen MR) is 54.3 cm³/mol. The van der Waals surface area contributed by atoms with Crippen molar-refractivity contribution in [1.29, 1.82) is 0 Å². The van der Waals surface area contributed by atoms with Crippen LogP contribution in [0.25, 0.3) is 0 Å². The lowest BCUT2D eigenvalue weighted by molar-refractivity contribution is 0.241. The van der Waals surface area contributed by atoms with Crippen LogP contribution in [0.5, 0.6) is 0 Å². The first-order valence-electron chi connectivity index (χ1n) is 4.01. The smallest absolute Gasteiger partial charge is 0.100 e. The fourth-order valence-corrected chi connectivity index (χ4v) is 1.59. The number of rotatable bonds is 3. The molecule has 0 aliphatic carbocycles. The SMILES string of the molecule is CCC(C)(C)C(C)(C)S(=O)(=O)[O-].[CH3+]. The fraction of sp³-hybridized carbons (Fsp3) is 0.889. The molecule has 0 aliphatic heterocycles. The Bertz CT molecular complexity index is 250. The van der Waals surface area contributed by atoms with Crippen LogP contribution in [0.4, 0.5) is 0 Å². The molecule has 4 heteroatoms. The summed E-state index contributed by atoms with van der Waals surface area (Å²) in [6.45, 7) is 8.44. The molecule has 0 aromatic carbocycles. The summed E-state index contributed by atoms with van der Waals surface area (Å²) < 4.78 is 31.5. The summed E-state index contributed by atoms with van der Waals surface area (Å²) in [5.41, 5.74) is -0.479. The lowest BCUT2D eigenvalue weighted by Gasteiger charge is -2.42. The van der Waals surface area contributed by atoms with E-state index in [-0.39, 0.29) is 7.43 Å². The molecule has 3 nitrogen and oxygen atoms in total. The van der Waals surface area contributed by atoms with Crippen molar-refractivity contribution in [3.05, 3.63) is 7.43 Å². The zero-order valence-electron chi connectivity index (χ0n) is 9.34. The Morgan fingerprint density at radius 1 is 1.15 bits per heavy atom. The molecule has 0 saturated carbocycles. The predicted octanol–water partition coefficient (Wildman–Crippen LogP) is 2.20. The van der Waals surface area contributed by atoms with Crippen LogP contribution in [0.3, 0.4) is 0 Å². The van der Waals surface area contributed by atoms with Gasteiger partial charge in [-0.3, -0.25) is 0 Å². The van der Waals surface area contributed by atoms with Crippen molar-refractivity contribution >= 4 is 10.1 Å². The van der Waals surface area contributed by atoms with E-state index in [1.54, 1.807) is 13.8 Å². The van der Waals surface area contributed by atoms with Gasteiger partial charge in [-0.25, -0.2) is 8.42 Å². The van der Waals surface area contributed by atoms with Gasteiger partial charge in [-0.15, -0.1) is 0 Å². The molecule has 0 aliphatic rings. The van der Waals surface area contributed by atoms with Crippen LogP contribution in [-0.2, 0) is 10.1 Å². The Morgan fingerprint density at radius 3 is 1.54 bits per heavy atom. The third-order valence-corrected chi connectivity index (χ3v) is 4.94. The van der Waals surface area contributed by atoms with E-state index >= 15 is 0 Å². The first-order chi connectivity index (χ1) is 5.06. The first kappa shape index (κ1) is 15.3. The third kappa shape index (κ3) is 2.61. The van der Waals surface area contributed by atoms with E-state index in [0.717, 1.165) is 0 Å². The monoisotopic (exact) mass is 208 g/mol. The van der Waals surface area contributed by atoms with Gasteiger partial charge in [-0.05, 0) is 25.7 Å². The zero-order chi connectivity index (χ0) is 10.2. The molecule has 0 atom stereocenters. The molecule has 0 saturated heterocycles. The van der Waals surface area contributed by atoms with E-state index in [1.807, 2.05) is 6.92 Å². The van der Waals surface area contributed by atoms with E-state index < -0.39 is 20.3 Å². The second-order valence-corrected chi connectivity index (χ2v) is 6.13. The van der Waals surface area contributed by atoms with E-state index in [4.69, 9.17) is 0 Å². The van der Waals surface area contributed by atoms with Crippen LogP contribution < -0.4 is 0 Å². The summed E-state index contributed by atoms with van der Waals surface area (Å²) in [4.78, 5) is 0. The maximum atomic E-state index is 10.9. The largest absolute Gasteiger partial charge is 0.748 e. The van der Waals surface area contributed by atoms with Crippen LogP contribution in [0, 0.1) is 12.8 Å². The summed E-state index contributed by atoms with van der Waals surface area (Å²) in [5.74, 6) is 0. The average molecular weight is 208 g/mol. The van der Waals surface area contributed by atoms with Crippen LogP contribution in [0.15, 0.2) is 0 Å². The topological polar surface area (TPSA) is 57.2 Å². The van der Waals surface area contributed by atoms with Gasteiger partial charge in [0.15, 0.2) is 0 Å². The van der Waals surface area contributed by atoms with Crippen molar-refractivity contribution in [3.63, 3.8) is 0 Å². The fourth-order valence-electron chi connectivity index (χ4n) is 0.764. The van der Waals surface area contributed by atoms with Crippen LogP contribution in [0.1, 0.15) is 41.0 Å². The van der Waals surface area contributed by atoms with Crippen molar-refractivity contribution in [1.82, 2.24) is 0 Å².